The molecule has 0 aliphatic rings. The highest BCUT2D eigenvalue weighted by Gasteiger charge is 2.36. The van der Waals surface area contributed by atoms with Crippen LogP contribution in [0, 0.1) is 29.1 Å². The van der Waals surface area contributed by atoms with E-state index in [2.05, 4.69) is 0 Å². The Hall–Kier alpha value is -1.06. The number of aliphatic carboxylic acids is 2. The minimum Gasteiger partial charge on any atom is -0.550 e. The van der Waals surface area contributed by atoms with Gasteiger partial charge in [-0.05, 0) is 23.7 Å². The van der Waals surface area contributed by atoms with Gasteiger partial charge in [0.25, 0.3) is 0 Å². The molecule has 0 amide bonds. The average Bonchev–Trinajstić information content (AvgIpc) is 2.14. The van der Waals surface area contributed by atoms with Crippen LogP contribution in [0.15, 0.2) is 0 Å². The summed E-state index contributed by atoms with van der Waals surface area (Å²) < 4.78 is 0. The van der Waals surface area contributed by atoms with Gasteiger partial charge >= 0.3 is 5.97 Å². The van der Waals surface area contributed by atoms with Gasteiger partial charge in [-0.1, -0.05) is 41.5 Å². The molecular weight excluding hydrogens is 232 g/mol. The fraction of sp³-hybridized carbons (Fsp3) is 0.857. The molecule has 0 radical (unpaired) electrons. The Balaban J connectivity index is 5.20. The van der Waals surface area contributed by atoms with Crippen molar-refractivity contribution in [3.63, 3.8) is 0 Å². The number of hydrogen-bond donors (Lipinski definition) is 1. The van der Waals surface area contributed by atoms with Crippen molar-refractivity contribution in [2.24, 2.45) is 29.1 Å². The van der Waals surface area contributed by atoms with Crippen molar-refractivity contribution in [1.82, 2.24) is 0 Å². The Bertz CT molecular complexity index is 305. The summed E-state index contributed by atoms with van der Waals surface area (Å²) in [6.45, 7) is 11.4. The van der Waals surface area contributed by atoms with E-state index in [0.717, 1.165) is 0 Å². The van der Waals surface area contributed by atoms with Gasteiger partial charge in [0, 0.05) is 11.9 Å². The van der Waals surface area contributed by atoms with Crippen LogP contribution in [0.4, 0.5) is 0 Å². The number of carbonyl (C=O) groups is 2. The predicted molar refractivity (Wildman–Crippen MR) is 67.7 cm³/mol. The van der Waals surface area contributed by atoms with Crippen LogP contribution in [0.3, 0.4) is 0 Å². The maximum Gasteiger partial charge on any atom is 0.307 e. The first kappa shape index (κ1) is 16.9. The zero-order valence-corrected chi connectivity index (χ0v) is 12.2. The third-order valence-corrected chi connectivity index (χ3v) is 4.05. The molecule has 0 heterocycles. The smallest absolute Gasteiger partial charge is 0.307 e. The summed E-state index contributed by atoms with van der Waals surface area (Å²) in [5.41, 5.74) is -0.229. The van der Waals surface area contributed by atoms with Gasteiger partial charge in [0.05, 0.1) is 5.92 Å². The summed E-state index contributed by atoms with van der Waals surface area (Å²) in [4.78, 5) is 22.5. The quantitative estimate of drug-likeness (QED) is 0.754. The Morgan fingerprint density at radius 2 is 1.61 bits per heavy atom. The van der Waals surface area contributed by atoms with Crippen LogP contribution in [0.25, 0.3) is 0 Å². The number of carbonyl (C=O) groups excluding carboxylic acids is 1. The lowest BCUT2D eigenvalue weighted by Crippen LogP contribution is -2.44. The van der Waals surface area contributed by atoms with Crippen LogP contribution in [-0.4, -0.2) is 17.0 Å². The van der Waals surface area contributed by atoms with Crippen molar-refractivity contribution in [3.05, 3.63) is 0 Å². The number of hydrogen-bond acceptors (Lipinski definition) is 3. The average molecular weight is 257 g/mol. The molecule has 4 heteroatoms. The van der Waals surface area contributed by atoms with Crippen LogP contribution in [0.5, 0.6) is 0 Å². The van der Waals surface area contributed by atoms with Crippen LogP contribution in [-0.2, 0) is 9.59 Å². The summed E-state index contributed by atoms with van der Waals surface area (Å²) in [5.74, 6) is -4.11. The monoisotopic (exact) mass is 257 g/mol. The molecule has 0 aromatic carbocycles. The SMILES string of the molecule is CC(C)C(C(=O)O)C(CC(C)(C)C(C)C)C(=O)[O-]. The standard InChI is InChI=1S/C14H26O4/c1-8(2)11(13(17)18)10(12(15)16)7-14(5,6)9(3)4/h8-11H,7H2,1-6H3,(H,15,16)(H,17,18)/p-1. The lowest BCUT2D eigenvalue weighted by atomic mass is 9.69. The van der Waals surface area contributed by atoms with Crippen molar-refractivity contribution in [2.45, 2.75) is 48.0 Å². The third-order valence-electron chi connectivity index (χ3n) is 4.05. The van der Waals surface area contributed by atoms with Gasteiger partial charge in [-0.2, -0.15) is 0 Å². The fourth-order valence-corrected chi connectivity index (χ4v) is 2.08. The molecule has 0 aromatic heterocycles. The molecule has 0 rings (SSSR count). The van der Waals surface area contributed by atoms with Gasteiger partial charge < -0.3 is 15.0 Å². The minimum absolute atomic E-state index is 0.228. The summed E-state index contributed by atoms with van der Waals surface area (Å²) in [6.07, 6.45) is 0.322. The van der Waals surface area contributed by atoms with E-state index in [-0.39, 0.29) is 17.3 Å². The minimum atomic E-state index is -1.26. The molecule has 0 saturated carbocycles. The zero-order valence-electron chi connectivity index (χ0n) is 12.2. The molecule has 0 aliphatic carbocycles. The molecule has 106 valence electrons. The first-order valence-corrected chi connectivity index (χ1v) is 6.44. The predicted octanol–water partition coefficient (Wildman–Crippen LogP) is 1.78. The fourth-order valence-electron chi connectivity index (χ4n) is 2.08. The van der Waals surface area contributed by atoms with Crippen LogP contribution in [0.2, 0.25) is 0 Å². The molecule has 2 atom stereocenters. The number of rotatable bonds is 7. The molecule has 0 aliphatic heterocycles. The first-order chi connectivity index (χ1) is 8.00. The van der Waals surface area contributed by atoms with Crippen molar-refractivity contribution in [1.29, 1.82) is 0 Å². The van der Waals surface area contributed by atoms with E-state index in [0.29, 0.717) is 6.42 Å². The van der Waals surface area contributed by atoms with E-state index in [1.165, 1.54) is 0 Å². The van der Waals surface area contributed by atoms with Gasteiger partial charge in [-0.25, -0.2) is 0 Å². The second-order valence-corrected chi connectivity index (χ2v) is 6.38. The first-order valence-electron chi connectivity index (χ1n) is 6.44. The maximum atomic E-state index is 11.3. The second kappa shape index (κ2) is 6.21. The van der Waals surface area contributed by atoms with Gasteiger partial charge in [-0.3, -0.25) is 4.79 Å². The third kappa shape index (κ3) is 4.31. The lowest BCUT2D eigenvalue weighted by molar-refractivity contribution is -0.315. The van der Waals surface area contributed by atoms with Gasteiger partial charge in [0.1, 0.15) is 0 Å². The Morgan fingerprint density at radius 1 is 1.17 bits per heavy atom. The normalized spacial score (nSPS) is 15.8. The van der Waals surface area contributed by atoms with E-state index in [9.17, 15) is 19.8 Å². The molecule has 2 unspecified atom stereocenters. The van der Waals surface area contributed by atoms with Crippen LogP contribution < -0.4 is 5.11 Å². The molecule has 18 heavy (non-hydrogen) atoms. The van der Waals surface area contributed by atoms with Crippen molar-refractivity contribution < 1.29 is 19.8 Å². The summed E-state index contributed by atoms with van der Waals surface area (Å²) in [5, 5.41) is 20.5. The van der Waals surface area contributed by atoms with Crippen molar-refractivity contribution >= 4 is 11.9 Å². The molecule has 0 fully saturated rings. The topological polar surface area (TPSA) is 77.4 Å². The van der Waals surface area contributed by atoms with E-state index in [1.807, 2.05) is 27.7 Å². The molecule has 1 N–H and O–H groups in total. The maximum absolute atomic E-state index is 11.3. The molecule has 0 spiro atoms. The Kier molecular flexibility index (Phi) is 5.84. The van der Waals surface area contributed by atoms with Gasteiger partial charge in [0.15, 0.2) is 0 Å². The van der Waals surface area contributed by atoms with E-state index < -0.39 is 23.8 Å². The number of carboxylic acid groups (broad SMARTS) is 2. The van der Waals surface area contributed by atoms with E-state index >= 15 is 0 Å². The van der Waals surface area contributed by atoms with Crippen LogP contribution in [0.1, 0.15) is 48.0 Å². The highest BCUT2D eigenvalue weighted by Crippen LogP contribution is 2.37. The Morgan fingerprint density at radius 3 is 1.83 bits per heavy atom. The van der Waals surface area contributed by atoms with Gasteiger partial charge in [0.2, 0.25) is 0 Å². The van der Waals surface area contributed by atoms with E-state index in [4.69, 9.17) is 0 Å². The van der Waals surface area contributed by atoms with Crippen molar-refractivity contribution in [2.75, 3.05) is 0 Å². The Labute approximate surface area is 109 Å². The second-order valence-electron chi connectivity index (χ2n) is 6.38. The van der Waals surface area contributed by atoms with Crippen molar-refractivity contribution in [3.8, 4) is 0 Å². The molecule has 4 nitrogen and oxygen atoms in total. The summed E-state index contributed by atoms with van der Waals surface area (Å²) >= 11 is 0. The molecule has 0 aromatic rings. The summed E-state index contributed by atoms with van der Waals surface area (Å²) in [7, 11) is 0. The summed E-state index contributed by atoms with van der Waals surface area (Å²) in [6, 6.07) is 0. The van der Waals surface area contributed by atoms with E-state index in [1.54, 1.807) is 13.8 Å². The highest BCUT2D eigenvalue weighted by atomic mass is 16.4. The molecule has 0 saturated heterocycles. The molecule has 0 bridgehead atoms. The largest absolute Gasteiger partial charge is 0.550 e. The zero-order chi connectivity index (χ0) is 14.7. The van der Waals surface area contributed by atoms with Crippen LogP contribution >= 0.6 is 0 Å². The highest BCUT2D eigenvalue weighted by molar-refractivity contribution is 5.79. The van der Waals surface area contributed by atoms with Gasteiger partial charge in [-0.15, -0.1) is 0 Å². The lowest BCUT2D eigenvalue weighted by Gasteiger charge is -2.37. The number of carboxylic acids is 2. The molecular formula is C14H25O4-.